The number of piperidine rings is 1. The van der Waals surface area contributed by atoms with E-state index in [1.54, 1.807) is 12.4 Å². The molecule has 1 aromatic heterocycles. The molecule has 0 spiro atoms. The molecule has 1 amide bonds. The van der Waals surface area contributed by atoms with Crippen LogP contribution in [0.3, 0.4) is 0 Å². The van der Waals surface area contributed by atoms with Crippen LogP contribution in [-0.4, -0.2) is 37.9 Å². The fourth-order valence-electron chi connectivity index (χ4n) is 3.96. The standard InChI is InChI=1S/C15H24N4O/c1-3-11(4-2)15(20)18-12-5-6-13(18)10-14(9-12)19-16-7-8-17-19/h7-8,11-14H,3-6,9-10H2,1-2H3. The third-order valence-corrected chi connectivity index (χ3v) is 5.06. The number of carbonyl (C=O) groups is 1. The number of nitrogens with zero attached hydrogens (tertiary/aromatic N) is 4. The van der Waals surface area contributed by atoms with Crippen LogP contribution in [0.25, 0.3) is 0 Å². The van der Waals surface area contributed by atoms with Gasteiger partial charge in [0, 0.05) is 18.0 Å². The molecule has 20 heavy (non-hydrogen) atoms. The maximum Gasteiger partial charge on any atom is 0.226 e. The van der Waals surface area contributed by atoms with E-state index in [4.69, 9.17) is 0 Å². The topological polar surface area (TPSA) is 51.0 Å². The van der Waals surface area contributed by atoms with Crippen LogP contribution < -0.4 is 0 Å². The lowest BCUT2D eigenvalue weighted by Gasteiger charge is -2.40. The van der Waals surface area contributed by atoms with Gasteiger partial charge in [-0.15, -0.1) is 0 Å². The lowest BCUT2D eigenvalue weighted by Crippen LogP contribution is -2.49. The first-order valence-electron chi connectivity index (χ1n) is 7.92. The first-order valence-corrected chi connectivity index (χ1v) is 7.92. The molecule has 2 saturated heterocycles. The van der Waals surface area contributed by atoms with E-state index in [-0.39, 0.29) is 5.92 Å². The van der Waals surface area contributed by atoms with Gasteiger partial charge in [0.2, 0.25) is 5.91 Å². The Morgan fingerprint density at radius 1 is 1.10 bits per heavy atom. The Kier molecular flexibility index (Phi) is 3.76. The van der Waals surface area contributed by atoms with Crippen molar-refractivity contribution < 1.29 is 4.79 Å². The van der Waals surface area contributed by atoms with E-state index >= 15 is 0 Å². The van der Waals surface area contributed by atoms with Crippen molar-refractivity contribution in [3.05, 3.63) is 12.4 Å². The first kappa shape index (κ1) is 13.6. The van der Waals surface area contributed by atoms with Gasteiger partial charge in [-0.3, -0.25) is 4.79 Å². The molecule has 0 aliphatic carbocycles. The van der Waals surface area contributed by atoms with Crippen molar-refractivity contribution in [2.75, 3.05) is 0 Å². The highest BCUT2D eigenvalue weighted by Gasteiger charge is 2.45. The van der Waals surface area contributed by atoms with Gasteiger partial charge >= 0.3 is 0 Å². The van der Waals surface area contributed by atoms with Crippen LogP contribution >= 0.6 is 0 Å². The minimum Gasteiger partial charge on any atom is -0.336 e. The SMILES string of the molecule is CCC(CC)C(=O)N1C2CCC1CC(n1nccn1)C2. The van der Waals surface area contributed by atoms with E-state index < -0.39 is 0 Å². The molecule has 2 fully saturated rings. The monoisotopic (exact) mass is 276 g/mol. The molecule has 0 aromatic carbocycles. The highest BCUT2D eigenvalue weighted by Crippen LogP contribution is 2.41. The fraction of sp³-hybridized carbons (Fsp3) is 0.800. The third-order valence-electron chi connectivity index (χ3n) is 5.06. The highest BCUT2D eigenvalue weighted by atomic mass is 16.2. The molecule has 0 saturated carbocycles. The zero-order valence-electron chi connectivity index (χ0n) is 12.4. The molecule has 2 bridgehead atoms. The molecule has 2 atom stereocenters. The number of amides is 1. The molecule has 0 radical (unpaired) electrons. The second kappa shape index (κ2) is 5.54. The summed E-state index contributed by atoms with van der Waals surface area (Å²) in [5, 5.41) is 8.55. The second-order valence-electron chi connectivity index (χ2n) is 6.12. The van der Waals surface area contributed by atoms with Crippen molar-refractivity contribution in [3.63, 3.8) is 0 Å². The van der Waals surface area contributed by atoms with Gasteiger partial charge < -0.3 is 4.90 Å². The molecule has 3 heterocycles. The minimum absolute atomic E-state index is 0.206. The molecular formula is C15H24N4O. The average Bonchev–Trinajstić information content (AvgIpc) is 3.07. The Morgan fingerprint density at radius 2 is 1.65 bits per heavy atom. The van der Waals surface area contributed by atoms with E-state index in [9.17, 15) is 4.79 Å². The number of fused-ring (bicyclic) bond motifs is 2. The maximum atomic E-state index is 12.7. The van der Waals surface area contributed by atoms with E-state index in [1.165, 1.54) is 0 Å². The van der Waals surface area contributed by atoms with Gasteiger partial charge in [-0.1, -0.05) is 13.8 Å². The Morgan fingerprint density at radius 3 is 2.15 bits per heavy atom. The van der Waals surface area contributed by atoms with Crippen LogP contribution in [0.15, 0.2) is 12.4 Å². The number of hydrogen-bond donors (Lipinski definition) is 0. The van der Waals surface area contributed by atoms with Crippen molar-refractivity contribution in [3.8, 4) is 0 Å². The van der Waals surface area contributed by atoms with Crippen LogP contribution in [0.2, 0.25) is 0 Å². The minimum atomic E-state index is 0.206. The highest BCUT2D eigenvalue weighted by molar-refractivity contribution is 5.80. The Labute approximate surface area is 120 Å². The van der Waals surface area contributed by atoms with Crippen LogP contribution in [0.4, 0.5) is 0 Å². The van der Waals surface area contributed by atoms with E-state index in [1.807, 2.05) is 4.80 Å². The summed E-state index contributed by atoms with van der Waals surface area (Å²) >= 11 is 0. The van der Waals surface area contributed by atoms with E-state index in [0.717, 1.165) is 38.5 Å². The van der Waals surface area contributed by atoms with Gasteiger partial charge in [0.25, 0.3) is 0 Å². The van der Waals surface area contributed by atoms with Crippen molar-refractivity contribution in [2.45, 2.75) is 70.5 Å². The molecule has 2 unspecified atom stereocenters. The first-order chi connectivity index (χ1) is 9.74. The largest absolute Gasteiger partial charge is 0.336 e. The zero-order valence-corrected chi connectivity index (χ0v) is 12.4. The summed E-state index contributed by atoms with van der Waals surface area (Å²) < 4.78 is 0. The maximum absolute atomic E-state index is 12.7. The number of aromatic nitrogens is 3. The fourth-order valence-corrected chi connectivity index (χ4v) is 3.96. The normalized spacial score (nSPS) is 29.1. The summed E-state index contributed by atoms with van der Waals surface area (Å²) in [6.07, 6.45) is 9.70. The molecule has 5 nitrogen and oxygen atoms in total. The van der Waals surface area contributed by atoms with Crippen LogP contribution in [-0.2, 0) is 4.79 Å². The van der Waals surface area contributed by atoms with Gasteiger partial charge in [-0.2, -0.15) is 15.0 Å². The molecule has 5 heteroatoms. The van der Waals surface area contributed by atoms with Crippen molar-refractivity contribution in [2.24, 2.45) is 5.92 Å². The van der Waals surface area contributed by atoms with Gasteiger partial charge in [0.05, 0.1) is 18.4 Å². The number of hydrogen-bond acceptors (Lipinski definition) is 3. The summed E-state index contributed by atoms with van der Waals surface area (Å²) in [5.41, 5.74) is 0. The Hall–Kier alpha value is -1.39. The smallest absolute Gasteiger partial charge is 0.226 e. The molecule has 2 aliphatic rings. The molecule has 110 valence electrons. The average molecular weight is 276 g/mol. The molecule has 3 rings (SSSR count). The number of carbonyl (C=O) groups excluding carboxylic acids is 1. The second-order valence-corrected chi connectivity index (χ2v) is 6.12. The predicted molar refractivity (Wildman–Crippen MR) is 76.0 cm³/mol. The van der Waals surface area contributed by atoms with Crippen LogP contribution in [0.1, 0.15) is 58.4 Å². The van der Waals surface area contributed by atoms with Crippen LogP contribution in [0.5, 0.6) is 0 Å². The lowest BCUT2D eigenvalue weighted by molar-refractivity contribution is -0.141. The summed E-state index contributed by atoms with van der Waals surface area (Å²) in [7, 11) is 0. The lowest BCUT2D eigenvalue weighted by atomic mass is 9.94. The molecule has 1 aromatic rings. The zero-order chi connectivity index (χ0) is 14.1. The summed E-state index contributed by atoms with van der Waals surface area (Å²) in [6.45, 7) is 4.24. The number of rotatable bonds is 4. The quantitative estimate of drug-likeness (QED) is 0.848. The summed E-state index contributed by atoms with van der Waals surface area (Å²) in [6, 6.07) is 1.17. The summed E-state index contributed by atoms with van der Waals surface area (Å²) in [5.74, 6) is 0.590. The Bertz CT molecular complexity index is 440. The third kappa shape index (κ3) is 2.23. The van der Waals surface area contributed by atoms with Gasteiger partial charge in [-0.05, 0) is 38.5 Å². The van der Waals surface area contributed by atoms with Crippen molar-refractivity contribution in [1.82, 2.24) is 19.9 Å². The Balaban J connectivity index is 1.73. The van der Waals surface area contributed by atoms with Gasteiger partial charge in [0.15, 0.2) is 0 Å². The summed E-state index contributed by atoms with van der Waals surface area (Å²) in [4.78, 5) is 16.7. The van der Waals surface area contributed by atoms with Crippen LogP contribution in [0, 0.1) is 5.92 Å². The molecule has 2 aliphatic heterocycles. The van der Waals surface area contributed by atoms with E-state index in [2.05, 4.69) is 28.9 Å². The van der Waals surface area contributed by atoms with Gasteiger partial charge in [0.1, 0.15) is 0 Å². The molecular weight excluding hydrogens is 252 g/mol. The molecule has 0 N–H and O–H groups in total. The van der Waals surface area contributed by atoms with Crippen molar-refractivity contribution in [1.29, 1.82) is 0 Å². The van der Waals surface area contributed by atoms with Gasteiger partial charge in [-0.25, -0.2) is 0 Å². The van der Waals surface area contributed by atoms with E-state index in [0.29, 0.717) is 24.0 Å². The predicted octanol–water partition coefficient (Wildman–Crippen LogP) is 2.41. The van der Waals surface area contributed by atoms with Crippen molar-refractivity contribution >= 4 is 5.91 Å².